The molecule has 8 heteroatoms. The Kier molecular flexibility index (Phi) is 4.69. The number of hydrogen-bond donors (Lipinski definition) is 0. The number of ether oxygens (including phenoxy) is 2. The molecule has 1 aromatic carbocycles. The summed E-state index contributed by atoms with van der Waals surface area (Å²) >= 11 is 0. The molecule has 0 aliphatic carbocycles. The standard InChI is InChI=1S/C11H7F4NO3/c1-18-10(17)6-3-2-5(4-16)8(19-11(14)15)7(6)9(12)13/h2-3,9,11H,1H3. The molecule has 1 rings (SSSR count). The maximum absolute atomic E-state index is 12.9. The number of benzene rings is 1. The van der Waals surface area contributed by atoms with Gasteiger partial charge in [-0.2, -0.15) is 14.0 Å². The molecule has 0 amide bonds. The van der Waals surface area contributed by atoms with Crippen molar-refractivity contribution in [2.45, 2.75) is 13.0 Å². The van der Waals surface area contributed by atoms with Crippen molar-refractivity contribution < 1.29 is 31.8 Å². The molecule has 0 aliphatic rings. The van der Waals surface area contributed by atoms with E-state index in [1.165, 1.54) is 6.07 Å². The van der Waals surface area contributed by atoms with Crippen molar-refractivity contribution in [1.29, 1.82) is 5.26 Å². The van der Waals surface area contributed by atoms with Crippen LogP contribution >= 0.6 is 0 Å². The zero-order chi connectivity index (χ0) is 14.6. The highest BCUT2D eigenvalue weighted by Crippen LogP contribution is 2.36. The molecule has 0 aromatic heterocycles. The molecule has 1 aromatic rings. The summed E-state index contributed by atoms with van der Waals surface area (Å²) in [4.78, 5) is 11.3. The monoisotopic (exact) mass is 277 g/mol. The van der Waals surface area contributed by atoms with Gasteiger partial charge in [0.15, 0.2) is 5.75 Å². The van der Waals surface area contributed by atoms with Crippen molar-refractivity contribution >= 4 is 5.97 Å². The molecule has 19 heavy (non-hydrogen) atoms. The molecule has 0 fully saturated rings. The normalized spacial score (nSPS) is 10.4. The number of hydrogen-bond acceptors (Lipinski definition) is 4. The average molecular weight is 277 g/mol. The smallest absolute Gasteiger partial charge is 0.387 e. The van der Waals surface area contributed by atoms with Crippen molar-refractivity contribution in [3.8, 4) is 11.8 Å². The van der Waals surface area contributed by atoms with Crippen LogP contribution in [0.25, 0.3) is 0 Å². The van der Waals surface area contributed by atoms with E-state index in [1.54, 1.807) is 0 Å². The highest BCUT2D eigenvalue weighted by Gasteiger charge is 2.28. The summed E-state index contributed by atoms with van der Waals surface area (Å²) in [5.74, 6) is -2.16. The van der Waals surface area contributed by atoms with E-state index in [-0.39, 0.29) is 0 Å². The SMILES string of the molecule is COC(=O)c1ccc(C#N)c(OC(F)F)c1C(F)F. The van der Waals surface area contributed by atoms with E-state index < -0.39 is 41.4 Å². The third-order valence-corrected chi connectivity index (χ3v) is 2.15. The zero-order valence-electron chi connectivity index (χ0n) is 9.49. The lowest BCUT2D eigenvalue weighted by molar-refractivity contribution is -0.0523. The number of rotatable bonds is 4. The fraction of sp³-hybridized carbons (Fsp3) is 0.273. The topological polar surface area (TPSA) is 59.3 Å². The third kappa shape index (κ3) is 3.13. The van der Waals surface area contributed by atoms with Crippen molar-refractivity contribution in [3.63, 3.8) is 0 Å². The Morgan fingerprint density at radius 2 is 1.95 bits per heavy atom. The minimum Gasteiger partial charge on any atom is -0.465 e. The maximum Gasteiger partial charge on any atom is 0.387 e. The third-order valence-electron chi connectivity index (χ3n) is 2.15. The quantitative estimate of drug-likeness (QED) is 0.627. The first-order valence-corrected chi connectivity index (χ1v) is 4.80. The Hall–Kier alpha value is -2.30. The van der Waals surface area contributed by atoms with Gasteiger partial charge < -0.3 is 9.47 Å². The maximum atomic E-state index is 12.9. The number of alkyl halides is 4. The fourth-order valence-electron chi connectivity index (χ4n) is 1.41. The lowest BCUT2D eigenvalue weighted by Crippen LogP contribution is -2.12. The van der Waals surface area contributed by atoms with Gasteiger partial charge >= 0.3 is 12.6 Å². The van der Waals surface area contributed by atoms with Crippen LogP contribution in [0.1, 0.15) is 27.9 Å². The molecule has 0 saturated heterocycles. The molecule has 102 valence electrons. The molecule has 0 unspecified atom stereocenters. The highest BCUT2D eigenvalue weighted by atomic mass is 19.3. The zero-order valence-corrected chi connectivity index (χ0v) is 9.49. The number of carbonyl (C=O) groups excluding carboxylic acids is 1. The molecule has 0 N–H and O–H groups in total. The lowest BCUT2D eigenvalue weighted by Gasteiger charge is -2.14. The van der Waals surface area contributed by atoms with Crippen LogP contribution in [0, 0.1) is 11.3 Å². The van der Waals surface area contributed by atoms with Gasteiger partial charge in [-0.15, -0.1) is 0 Å². The molecule has 4 nitrogen and oxygen atoms in total. The number of halogens is 4. The van der Waals surface area contributed by atoms with Gasteiger partial charge in [0.05, 0.1) is 23.8 Å². The van der Waals surface area contributed by atoms with Crippen LogP contribution in [0.15, 0.2) is 12.1 Å². The van der Waals surface area contributed by atoms with E-state index in [9.17, 15) is 22.4 Å². The summed E-state index contributed by atoms with van der Waals surface area (Å²) in [5.41, 5.74) is -2.25. The van der Waals surface area contributed by atoms with E-state index in [2.05, 4.69) is 9.47 Å². The molecule has 0 bridgehead atoms. The van der Waals surface area contributed by atoms with E-state index in [0.29, 0.717) is 0 Å². The highest BCUT2D eigenvalue weighted by molar-refractivity contribution is 5.92. The minimum absolute atomic E-state index is 0.525. The van der Waals surface area contributed by atoms with Crippen molar-refractivity contribution in [1.82, 2.24) is 0 Å². The van der Waals surface area contributed by atoms with E-state index >= 15 is 0 Å². The van der Waals surface area contributed by atoms with Gasteiger partial charge in [0.25, 0.3) is 6.43 Å². The van der Waals surface area contributed by atoms with Gasteiger partial charge in [0.1, 0.15) is 6.07 Å². The second-order valence-corrected chi connectivity index (χ2v) is 3.19. The molecule has 0 radical (unpaired) electrons. The van der Waals surface area contributed by atoms with Gasteiger partial charge in [0.2, 0.25) is 0 Å². The summed E-state index contributed by atoms with van der Waals surface area (Å²) in [6, 6.07) is 3.26. The van der Waals surface area contributed by atoms with Crippen LogP contribution in [0.4, 0.5) is 17.6 Å². The molecular weight excluding hydrogens is 270 g/mol. The van der Waals surface area contributed by atoms with Crippen LogP contribution in [0.5, 0.6) is 5.75 Å². The summed E-state index contributed by atoms with van der Waals surface area (Å²) in [7, 11) is 0.948. The van der Waals surface area contributed by atoms with Crippen LogP contribution in [0.3, 0.4) is 0 Å². The predicted octanol–water partition coefficient (Wildman–Crippen LogP) is 2.88. The largest absolute Gasteiger partial charge is 0.465 e. The fourth-order valence-corrected chi connectivity index (χ4v) is 1.41. The van der Waals surface area contributed by atoms with E-state index in [1.807, 2.05) is 0 Å². The average Bonchev–Trinajstić information content (AvgIpc) is 2.36. The van der Waals surface area contributed by atoms with E-state index in [4.69, 9.17) is 5.26 Å². The first-order valence-electron chi connectivity index (χ1n) is 4.80. The van der Waals surface area contributed by atoms with Crippen LogP contribution in [-0.2, 0) is 4.74 Å². The molecule has 0 heterocycles. The van der Waals surface area contributed by atoms with Crippen LogP contribution < -0.4 is 4.74 Å². The van der Waals surface area contributed by atoms with Gasteiger partial charge in [-0.05, 0) is 12.1 Å². The second kappa shape index (κ2) is 6.04. The van der Waals surface area contributed by atoms with Gasteiger partial charge in [-0.25, -0.2) is 13.6 Å². The number of nitrogens with zero attached hydrogens (tertiary/aromatic N) is 1. The Morgan fingerprint density at radius 3 is 2.37 bits per heavy atom. The number of methoxy groups -OCH3 is 1. The first kappa shape index (κ1) is 14.8. The summed E-state index contributed by atoms with van der Waals surface area (Å²) < 4.78 is 58.4. The molecule has 0 aliphatic heterocycles. The number of nitriles is 1. The van der Waals surface area contributed by atoms with Crippen LogP contribution in [0.2, 0.25) is 0 Å². The lowest BCUT2D eigenvalue weighted by atomic mass is 10.0. The Morgan fingerprint density at radius 1 is 1.32 bits per heavy atom. The summed E-state index contributed by atoms with van der Waals surface area (Å²) in [6.07, 6.45) is -3.28. The summed E-state index contributed by atoms with van der Waals surface area (Å²) in [5, 5.41) is 8.69. The van der Waals surface area contributed by atoms with Gasteiger partial charge in [-0.1, -0.05) is 0 Å². The van der Waals surface area contributed by atoms with Crippen molar-refractivity contribution in [2.24, 2.45) is 0 Å². The Bertz CT molecular complexity index is 525. The molecule has 0 atom stereocenters. The Labute approximate surface area is 105 Å². The first-order chi connectivity index (χ1) is 8.92. The van der Waals surface area contributed by atoms with E-state index in [0.717, 1.165) is 19.2 Å². The predicted molar refractivity (Wildman–Crippen MR) is 54.1 cm³/mol. The second-order valence-electron chi connectivity index (χ2n) is 3.19. The molecule has 0 spiro atoms. The Balaban J connectivity index is 3.54. The minimum atomic E-state index is -3.41. The number of esters is 1. The number of carbonyl (C=O) groups is 1. The van der Waals surface area contributed by atoms with Crippen LogP contribution in [-0.4, -0.2) is 19.7 Å². The summed E-state index contributed by atoms with van der Waals surface area (Å²) in [6.45, 7) is -3.41. The van der Waals surface area contributed by atoms with Crippen molar-refractivity contribution in [3.05, 3.63) is 28.8 Å². The van der Waals surface area contributed by atoms with Crippen molar-refractivity contribution in [2.75, 3.05) is 7.11 Å². The molecular formula is C11H7F4NO3. The van der Waals surface area contributed by atoms with Gasteiger partial charge in [-0.3, -0.25) is 0 Å². The van der Waals surface area contributed by atoms with Gasteiger partial charge in [0, 0.05) is 0 Å². The molecule has 0 saturated carbocycles.